The van der Waals surface area contributed by atoms with Crippen molar-refractivity contribution in [2.75, 3.05) is 46.8 Å². The number of carboxylic acids is 1. The predicted molar refractivity (Wildman–Crippen MR) is 86.0 cm³/mol. The molecule has 0 aromatic heterocycles. The fraction of sp³-hybridized carbons (Fsp3) is 0.800. The highest BCUT2D eigenvalue weighted by Gasteiger charge is 2.26. The van der Waals surface area contributed by atoms with Crippen LogP contribution in [-0.4, -0.2) is 85.6 Å². The van der Waals surface area contributed by atoms with Gasteiger partial charge in [-0.1, -0.05) is 0 Å². The number of rotatable bonds is 10. The molecule has 2 amide bonds. The Bertz CT molecular complexity index is 414. The Balaban J connectivity index is 2.16. The van der Waals surface area contributed by atoms with Crippen molar-refractivity contribution >= 4 is 17.8 Å². The lowest BCUT2D eigenvalue weighted by Crippen LogP contribution is -2.44. The summed E-state index contributed by atoms with van der Waals surface area (Å²) in [5, 5.41) is 13.7. The molecule has 0 bridgehead atoms. The van der Waals surface area contributed by atoms with Gasteiger partial charge >= 0.3 is 5.97 Å². The third-order valence-corrected chi connectivity index (χ3v) is 3.76. The standard InChI is InChI=1S/C15H28N4O4/c1-18(2)10-12-4-3-9-19(12)11-14(21)17-7-5-13(20)16-8-6-15(22)23/h12H,3-11H2,1-2H3,(H,16,20)(H,17,21)(H,22,23)/i5+1,6+1,7+1,8+1,13+1,14+1,15+1,18+1,19+1. The van der Waals surface area contributed by atoms with Crippen LogP contribution in [0.5, 0.6) is 0 Å². The van der Waals surface area contributed by atoms with E-state index in [1.165, 1.54) is 0 Å². The lowest BCUT2D eigenvalue weighted by atomic mass is 10.2. The zero-order valence-electron chi connectivity index (χ0n) is 14.0. The molecule has 1 aliphatic heterocycles. The first-order valence-electron chi connectivity index (χ1n) is 8.02. The second-order valence-corrected chi connectivity index (χ2v) is 6.12. The molecule has 0 aromatic carbocycles. The number of carbonyl (C=O) groups excluding carboxylic acids is 2. The van der Waals surface area contributed by atoms with E-state index < -0.39 is 5.97 Å². The van der Waals surface area contributed by atoms with Crippen molar-refractivity contribution in [3.8, 4) is 0 Å². The molecule has 132 valence electrons. The maximum absolute atomic E-state index is 11.9. The second kappa shape index (κ2) is 10.2. The number of carbonyl (C=O) groups is 3. The van der Waals surface area contributed by atoms with Crippen LogP contribution < -0.4 is 10.6 Å². The van der Waals surface area contributed by atoms with Gasteiger partial charge in [-0.15, -0.1) is 0 Å². The zero-order chi connectivity index (χ0) is 17.2. The van der Waals surface area contributed by atoms with Crippen molar-refractivity contribution in [3.63, 3.8) is 0 Å². The van der Waals surface area contributed by atoms with Crippen molar-refractivity contribution in [1.29, 1.82) is 0 Å². The van der Waals surface area contributed by atoms with Crippen LogP contribution in [0, 0.1) is 0 Å². The highest BCUT2D eigenvalue weighted by molar-refractivity contribution is 5.80. The Morgan fingerprint density at radius 3 is 2.43 bits per heavy atom. The molecule has 8 nitrogen and oxygen atoms in total. The SMILES string of the molecule is C[15N](C)CC1CCC[15N]1C[13C](=O)N[13CH2][13CH2][13C](=O)N[13CH2][13CH2][13C](=O)O. The van der Waals surface area contributed by atoms with Crippen LogP contribution in [0.25, 0.3) is 0 Å². The van der Waals surface area contributed by atoms with Gasteiger partial charge in [0.05, 0.1) is 13.0 Å². The molecule has 0 aromatic rings. The molecule has 0 saturated carbocycles. The quantitative estimate of drug-likeness (QED) is 0.353. The molecule has 0 aliphatic carbocycles. The highest BCUT2D eigenvalue weighted by Crippen LogP contribution is 2.16. The maximum Gasteiger partial charge on any atom is 0.305 e. The first-order chi connectivity index (χ1) is 10.9. The number of amides is 2. The van der Waals surface area contributed by atoms with Crippen molar-refractivity contribution in [1.82, 2.24) is 20.4 Å². The molecule has 1 heterocycles. The summed E-state index contributed by atoms with van der Waals surface area (Å²) in [7, 11) is 4.05. The van der Waals surface area contributed by atoms with E-state index in [9.17, 15) is 14.4 Å². The molecular weight excluding hydrogens is 309 g/mol. The minimum Gasteiger partial charge on any atom is -0.481 e. The molecule has 1 rings (SSSR count). The van der Waals surface area contributed by atoms with E-state index in [0.717, 1.165) is 25.9 Å². The van der Waals surface area contributed by atoms with E-state index in [0.29, 0.717) is 12.6 Å². The second-order valence-electron chi connectivity index (χ2n) is 6.12. The molecule has 1 aliphatic rings. The van der Waals surface area contributed by atoms with E-state index in [4.69, 9.17) is 5.11 Å². The Morgan fingerprint density at radius 2 is 1.78 bits per heavy atom. The molecule has 8 heteroatoms. The number of hydrogen-bond acceptors (Lipinski definition) is 5. The number of nitrogens with zero attached hydrogens (tertiary/aromatic N) is 2. The lowest BCUT2D eigenvalue weighted by Gasteiger charge is -2.26. The minimum absolute atomic E-state index is 0.0750. The predicted octanol–water partition coefficient (Wildman–Crippen LogP) is -0.890. The molecule has 1 atom stereocenters. The number of likely N-dealkylation sites (N-methyl/N-ethyl adjacent to an activating group) is 1. The van der Waals surface area contributed by atoms with Crippen LogP contribution in [0.4, 0.5) is 0 Å². The molecule has 1 unspecified atom stereocenters. The summed E-state index contributed by atoms with van der Waals surface area (Å²) in [5.74, 6) is -1.27. The van der Waals surface area contributed by atoms with Crippen molar-refractivity contribution in [3.05, 3.63) is 0 Å². The lowest BCUT2D eigenvalue weighted by molar-refractivity contribution is -0.137. The van der Waals surface area contributed by atoms with E-state index in [1.54, 1.807) is 0 Å². The van der Waals surface area contributed by atoms with Gasteiger partial charge in [0.2, 0.25) is 11.8 Å². The Labute approximate surface area is 137 Å². The van der Waals surface area contributed by atoms with Gasteiger partial charge in [0.25, 0.3) is 0 Å². The number of aliphatic carboxylic acids is 1. The van der Waals surface area contributed by atoms with Crippen LogP contribution >= 0.6 is 0 Å². The monoisotopic (exact) mass is 337 g/mol. The van der Waals surface area contributed by atoms with Crippen LogP contribution in [0.3, 0.4) is 0 Å². The smallest absolute Gasteiger partial charge is 0.305 e. The molecular formula is C15H28N4O4. The maximum atomic E-state index is 11.9. The van der Waals surface area contributed by atoms with E-state index in [2.05, 4.69) is 20.4 Å². The van der Waals surface area contributed by atoms with Crippen LogP contribution in [-0.2, 0) is 14.4 Å². The topological polar surface area (TPSA) is 102 Å². The van der Waals surface area contributed by atoms with Gasteiger partial charge in [0.1, 0.15) is 0 Å². The first kappa shape index (κ1) is 19.4. The fourth-order valence-electron chi connectivity index (χ4n) is 2.68. The number of nitrogens with one attached hydrogen (secondary N) is 2. The molecule has 3 N–H and O–H groups in total. The number of likely N-dealkylation sites (tertiary alicyclic amines) is 1. The van der Waals surface area contributed by atoms with Gasteiger partial charge in [0.15, 0.2) is 0 Å². The van der Waals surface area contributed by atoms with Gasteiger partial charge in [0, 0.05) is 32.1 Å². The highest BCUT2D eigenvalue weighted by atomic mass is 16.5. The molecule has 1 saturated heterocycles. The third-order valence-electron chi connectivity index (χ3n) is 3.76. The molecule has 0 radical (unpaired) electrons. The van der Waals surface area contributed by atoms with Gasteiger partial charge < -0.3 is 20.6 Å². The normalized spacial score (nSPS) is 18.1. The fourth-order valence-corrected chi connectivity index (χ4v) is 2.68. The number of carboxylic acid groups (broad SMARTS) is 1. The average Bonchev–Trinajstić information content (AvgIpc) is 2.84. The molecule has 0 spiro atoms. The third kappa shape index (κ3) is 8.51. The minimum atomic E-state index is -0.948. The molecule has 1 fully saturated rings. The summed E-state index contributed by atoms with van der Waals surface area (Å²) in [5.41, 5.74) is 0. The van der Waals surface area contributed by atoms with Gasteiger partial charge in [-0.25, -0.2) is 0 Å². The van der Waals surface area contributed by atoms with Crippen LogP contribution in [0.1, 0.15) is 25.7 Å². The first-order valence-corrected chi connectivity index (χ1v) is 8.02. The van der Waals surface area contributed by atoms with Gasteiger partial charge in [-0.3, -0.25) is 19.3 Å². The van der Waals surface area contributed by atoms with E-state index in [1.807, 2.05) is 14.1 Å². The summed E-state index contributed by atoms with van der Waals surface area (Å²) in [6.45, 7) is 2.62. The summed E-state index contributed by atoms with van der Waals surface area (Å²) >= 11 is 0. The van der Waals surface area contributed by atoms with Crippen LogP contribution in [0.2, 0.25) is 0 Å². The van der Waals surface area contributed by atoms with Crippen LogP contribution in [0.15, 0.2) is 0 Å². The summed E-state index contributed by atoms with van der Waals surface area (Å²) in [6, 6.07) is 0.412. The van der Waals surface area contributed by atoms with Crippen molar-refractivity contribution in [2.24, 2.45) is 0 Å². The summed E-state index contributed by atoms with van der Waals surface area (Å²) in [4.78, 5) is 38.0. The summed E-state index contributed by atoms with van der Waals surface area (Å²) < 4.78 is 0. The molecule has 23 heavy (non-hydrogen) atoms. The van der Waals surface area contributed by atoms with E-state index in [-0.39, 0.29) is 37.7 Å². The number of hydrogen-bond donors (Lipinski definition) is 3. The van der Waals surface area contributed by atoms with Crippen molar-refractivity contribution < 1.29 is 19.5 Å². The van der Waals surface area contributed by atoms with E-state index >= 15 is 0 Å². The Morgan fingerprint density at radius 1 is 1.13 bits per heavy atom. The summed E-state index contributed by atoms with van der Waals surface area (Å²) in [6.07, 6.45) is 2.28. The van der Waals surface area contributed by atoms with Gasteiger partial charge in [-0.2, -0.15) is 0 Å². The van der Waals surface area contributed by atoms with Crippen molar-refractivity contribution in [2.45, 2.75) is 31.7 Å². The average molecular weight is 337 g/mol. The zero-order valence-corrected chi connectivity index (χ0v) is 14.0. The van der Waals surface area contributed by atoms with Gasteiger partial charge in [-0.05, 0) is 33.5 Å². The Hall–Kier alpha value is -1.67. The largest absolute Gasteiger partial charge is 0.481 e. The Kier molecular flexibility index (Phi) is 8.57.